The van der Waals surface area contributed by atoms with E-state index in [0.29, 0.717) is 34.9 Å². The van der Waals surface area contributed by atoms with Crippen LogP contribution in [0.2, 0.25) is 0 Å². The Hall–Kier alpha value is -5.25. The zero-order valence-electron chi connectivity index (χ0n) is 23.1. The Morgan fingerprint density at radius 3 is 2.51 bits per heavy atom. The molecule has 2 aromatic rings. The molecule has 0 bridgehead atoms. The summed E-state index contributed by atoms with van der Waals surface area (Å²) in [6.45, 7) is 5.23. The molecule has 216 valence electrons. The van der Waals surface area contributed by atoms with E-state index < -0.39 is 23.9 Å². The molecule has 1 aliphatic rings. The van der Waals surface area contributed by atoms with Crippen molar-refractivity contribution in [3.8, 4) is 29.1 Å². The Bertz CT molecular complexity index is 1380. The highest BCUT2D eigenvalue weighted by Gasteiger charge is 2.32. The number of carbonyl (C=O) groups excluding carboxylic acids is 3. The summed E-state index contributed by atoms with van der Waals surface area (Å²) in [4.78, 5) is 37.0. The predicted octanol–water partition coefficient (Wildman–Crippen LogP) is 2.72. The first-order valence-corrected chi connectivity index (χ1v) is 12.7. The third-order valence-corrected chi connectivity index (χ3v) is 5.61. The predicted molar refractivity (Wildman–Crippen MR) is 147 cm³/mol. The van der Waals surface area contributed by atoms with E-state index in [1.165, 1.54) is 13.3 Å². The van der Waals surface area contributed by atoms with Crippen molar-refractivity contribution in [2.45, 2.75) is 26.8 Å². The number of benzene rings is 2. The zero-order valence-corrected chi connectivity index (χ0v) is 23.1. The minimum atomic E-state index is -0.779. The van der Waals surface area contributed by atoms with E-state index in [1.54, 1.807) is 50.2 Å². The summed E-state index contributed by atoms with van der Waals surface area (Å²) in [5.74, 6) is 0.337. The first kappa shape index (κ1) is 30.3. The Morgan fingerprint density at radius 2 is 1.80 bits per heavy atom. The van der Waals surface area contributed by atoms with Gasteiger partial charge in [-0.05, 0) is 62.2 Å². The molecule has 0 spiro atoms. The molecule has 0 saturated carbocycles. The maximum atomic E-state index is 12.6. The first-order valence-electron chi connectivity index (χ1n) is 12.7. The molecule has 13 heteroatoms. The van der Waals surface area contributed by atoms with Crippen LogP contribution in [0.15, 0.2) is 52.8 Å². The van der Waals surface area contributed by atoms with Gasteiger partial charge >= 0.3 is 12.0 Å². The normalized spacial score (nSPS) is 14.4. The number of nitrogens with zero attached hydrogens (tertiary/aromatic N) is 2. The smallest absolute Gasteiger partial charge is 0.338 e. The quantitative estimate of drug-likeness (QED) is 0.188. The largest absolute Gasteiger partial charge is 0.493 e. The topological polar surface area (TPSA) is 170 Å². The minimum absolute atomic E-state index is 0.114. The molecule has 0 unspecified atom stereocenters. The SMILES string of the molecule is CCOC(=O)C1=C(C)NC(=O)N[C@H]1c1ccc(OCC(=O)N/N=C\c2ccc(OCC#N)c(OCC)c2)c(OC)c1. The molecular weight excluding hydrogens is 534 g/mol. The summed E-state index contributed by atoms with van der Waals surface area (Å²) in [7, 11) is 1.43. The van der Waals surface area contributed by atoms with E-state index in [2.05, 4.69) is 21.2 Å². The maximum absolute atomic E-state index is 12.6. The number of amides is 3. The standard InChI is InChI=1S/C28H31N5O8/c1-5-38-23-13-18(7-9-21(23)40-12-11-29)15-30-33-24(34)16-41-20-10-8-19(14-22(20)37-4)26-25(27(35)39-6-2)17(3)31-28(36)32-26/h7-10,13-15,26H,5-6,12,16H2,1-4H3,(H,33,34)(H2,31,32,36)/b30-15-/t26-/m0/s1. The number of nitrogens with one attached hydrogen (secondary N) is 3. The first-order chi connectivity index (χ1) is 19.8. The molecule has 0 fully saturated rings. The van der Waals surface area contributed by atoms with E-state index in [1.807, 2.05) is 13.0 Å². The van der Waals surface area contributed by atoms with Crippen molar-refractivity contribution >= 4 is 24.1 Å². The van der Waals surface area contributed by atoms with Crippen LogP contribution in [0.25, 0.3) is 0 Å². The van der Waals surface area contributed by atoms with Crippen LogP contribution in [-0.4, -0.2) is 57.7 Å². The van der Waals surface area contributed by atoms with Gasteiger partial charge in [0.2, 0.25) is 0 Å². The van der Waals surface area contributed by atoms with E-state index in [0.717, 1.165) is 0 Å². The zero-order chi connectivity index (χ0) is 29.8. The van der Waals surface area contributed by atoms with Gasteiger partial charge in [-0.3, -0.25) is 4.79 Å². The average molecular weight is 566 g/mol. The van der Waals surface area contributed by atoms with Crippen molar-refractivity contribution in [1.82, 2.24) is 16.1 Å². The molecule has 41 heavy (non-hydrogen) atoms. The number of methoxy groups -OCH3 is 1. The number of hydrazone groups is 1. The number of hydrogen-bond donors (Lipinski definition) is 3. The summed E-state index contributed by atoms with van der Waals surface area (Å²) in [6, 6.07) is 10.5. The molecule has 0 radical (unpaired) electrons. The Labute approximate surface area is 237 Å². The van der Waals surface area contributed by atoms with E-state index in [4.69, 9.17) is 28.9 Å². The molecular formula is C28H31N5O8. The van der Waals surface area contributed by atoms with Crippen molar-refractivity contribution < 1.29 is 38.1 Å². The van der Waals surface area contributed by atoms with Gasteiger partial charge in [0.05, 0.1) is 38.2 Å². The number of hydrogen-bond acceptors (Lipinski definition) is 10. The molecule has 13 nitrogen and oxygen atoms in total. The van der Waals surface area contributed by atoms with Crippen LogP contribution in [-0.2, 0) is 14.3 Å². The molecule has 2 aromatic carbocycles. The van der Waals surface area contributed by atoms with Crippen LogP contribution in [0.3, 0.4) is 0 Å². The summed E-state index contributed by atoms with van der Waals surface area (Å²) in [5, 5.41) is 18.0. The van der Waals surface area contributed by atoms with Crippen LogP contribution in [0.1, 0.15) is 37.9 Å². The van der Waals surface area contributed by atoms with Crippen molar-refractivity contribution in [3.05, 3.63) is 58.8 Å². The fourth-order valence-electron chi connectivity index (χ4n) is 3.86. The Balaban J connectivity index is 1.65. The van der Waals surface area contributed by atoms with Gasteiger partial charge in [0, 0.05) is 5.70 Å². The van der Waals surface area contributed by atoms with Crippen LogP contribution < -0.4 is 35.0 Å². The van der Waals surface area contributed by atoms with Crippen molar-refractivity contribution in [3.63, 3.8) is 0 Å². The highest BCUT2D eigenvalue weighted by atomic mass is 16.5. The average Bonchev–Trinajstić information content (AvgIpc) is 2.95. The summed E-state index contributed by atoms with van der Waals surface area (Å²) >= 11 is 0. The second-order valence-electron chi connectivity index (χ2n) is 8.37. The lowest BCUT2D eigenvalue weighted by Gasteiger charge is -2.28. The number of rotatable bonds is 13. The lowest BCUT2D eigenvalue weighted by molar-refractivity contribution is -0.139. The van der Waals surface area contributed by atoms with Crippen LogP contribution >= 0.6 is 0 Å². The lowest BCUT2D eigenvalue weighted by Crippen LogP contribution is -2.45. The van der Waals surface area contributed by atoms with Crippen molar-refractivity contribution in [2.24, 2.45) is 5.10 Å². The van der Waals surface area contributed by atoms with E-state index in [9.17, 15) is 14.4 Å². The fraction of sp³-hybridized carbons (Fsp3) is 0.321. The maximum Gasteiger partial charge on any atom is 0.338 e. The molecule has 1 atom stereocenters. The number of carbonyl (C=O) groups is 3. The van der Waals surface area contributed by atoms with Crippen LogP contribution in [0, 0.1) is 11.3 Å². The number of ether oxygens (including phenoxy) is 5. The summed E-state index contributed by atoms with van der Waals surface area (Å²) in [5.41, 5.74) is 4.21. The highest BCUT2D eigenvalue weighted by molar-refractivity contribution is 5.95. The second kappa shape index (κ2) is 14.8. The van der Waals surface area contributed by atoms with Crippen molar-refractivity contribution in [1.29, 1.82) is 5.26 Å². The third-order valence-electron chi connectivity index (χ3n) is 5.61. The van der Waals surface area contributed by atoms with Crippen LogP contribution in [0.4, 0.5) is 4.79 Å². The number of nitriles is 1. The van der Waals surface area contributed by atoms with E-state index in [-0.39, 0.29) is 36.9 Å². The number of allylic oxidation sites excluding steroid dienone is 1. The lowest BCUT2D eigenvalue weighted by atomic mass is 9.95. The van der Waals surface area contributed by atoms with Gasteiger partial charge in [0.15, 0.2) is 36.2 Å². The van der Waals surface area contributed by atoms with Gasteiger partial charge < -0.3 is 34.3 Å². The Kier molecular flexibility index (Phi) is 10.9. The molecule has 0 aromatic heterocycles. The van der Waals surface area contributed by atoms with E-state index >= 15 is 0 Å². The second-order valence-corrected chi connectivity index (χ2v) is 8.37. The molecule has 0 saturated heterocycles. The molecule has 3 rings (SSSR count). The van der Waals surface area contributed by atoms with Gasteiger partial charge in [-0.15, -0.1) is 0 Å². The monoisotopic (exact) mass is 565 g/mol. The molecule has 3 N–H and O–H groups in total. The van der Waals surface area contributed by atoms with Gasteiger partial charge in [0.25, 0.3) is 5.91 Å². The van der Waals surface area contributed by atoms with Crippen molar-refractivity contribution in [2.75, 3.05) is 33.5 Å². The van der Waals surface area contributed by atoms with Crippen LogP contribution in [0.5, 0.6) is 23.0 Å². The fourth-order valence-corrected chi connectivity index (χ4v) is 3.86. The number of esters is 1. The minimum Gasteiger partial charge on any atom is -0.493 e. The summed E-state index contributed by atoms with van der Waals surface area (Å²) in [6.07, 6.45) is 1.42. The van der Waals surface area contributed by atoms with Gasteiger partial charge in [0.1, 0.15) is 6.07 Å². The summed E-state index contributed by atoms with van der Waals surface area (Å²) < 4.78 is 27.1. The highest BCUT2D eigenvalue weighted by Crippen LogP contribution is 2.34. The third kappa shape index (κ3) is 8.12. The molecule has 1 aliphatic heterocycles. The Morgan fingerprint density at radius 1 is 1.05 bits per heavy atom. The molecule has 3 amide bonds. The van der Waals surface area contributed by atoms with Gasteiger partial charge in [-0.1, -0.05) is 6.07 Å². The van der Waals surface area contributed by atoms with Gasteiger partial charge in [-0.2, -0.15) is 10.4 Å². The molecule has 0 aliphatic carbocycles. The molecule has 1 heterocycles. The van der Waals surface area contributed by atoms with Gasteiger partial charge in [-0.25, -0.2) is 15.0 Å². The number of urea groups is 1.